The highest BCUT2D eigenvalue weighted by Gasteiger charge is 2.31. The lowest BCUT2D eigenvalue weighted by Gasteiger charge is -2.36. The maximum absolute atomic E-state index is 12.6. The molecule has 0 heterocycles. The van der Waals surface area contributed by atoms with Crippen LogP contribution in [-0.4, -0.2) is 23.5 Å². The van der Waals surface area contributed by atoms with Crippen molar-refractivity contribution in [2.24, 2.45) is 11.3 Å². The van der Waals surface area contributed by atoms with E-state index >= 15 is 0 Å². The minimum Gasteiger partial charge on any atom is -0.462 e. The van der Waals surface area contributed by atoms with Gasteiger partial charge in [-0.3, -0.25) is 9.59 Å². The fourth-order valence-corrected chi connectivity index (χ4v) is 3.74. The van der Waals surface area contributed by atoms with Gasteiger partial charge in [-0.15, -0.1) is 8.78 Å². The van der Waals surface area contributed by atoms with E-state index in [1.165, 1.54) is 24.3 Å². The van der Waals surface area contributed by atoms with Crippen LogP contribution in [0.3, 0.4) is 0 Å². The molecule has 0 unspecified atom stereocenters. The van der Waals surface area contributed by atoms with Crippen molar-refractivity contribution in [3.63, 3.8) is 0 Å². The molecule has 8 heteroatoms. The summed E-state index contributed by atoms with van der Waals surface area (Å²) in [6, 6.07) is 5.41. The third-order valence-corrected chi connectivity index (χ3v) is 5.43. The van der Waals surface area contributed by atoms with Crippen LogP contribution in [0.25, 0.3) is 0 Å². The number of benzene rings is 1. The van der Waals surface area contributed by atoms with Crippen molar-refractivity contribution >= 4 is 29.2 Å². The molecule has 1 amide bonds. The van der Waals surface area contributed by atoms with E-state index in [0.717, 1.165) is 25.7 Å². The average Bonchev–Trinajstić information content (AvgIpc) is 2.62. The van der Waals surface area contributed by atoms with Crippen molar-refractivity contribution in [1.29, 1.82) is 0 Å². The standard InChI is InChI=1S/C22H30ClF2NO4/c1-21(2,3)15-7-11-17(12-8-15)29-20(28)6-4-5-19(27)26-16-9-13-18(14-10-16)30-22(23,24)25/h9-10,13-15,17H,4-8,11-12H2,1-3H3,(H,26,27). The van der Waals surface area contributed by atoms with Gasteiger partial charge < -0.3 is 14.8 Å². The fourth-order valence-electron chi connectivity index (χ4n) is 3.65. The van der Waals surface area contributed by atoms with Crippen LogP contribution in [0.15, 0.2) is 24.3 Å². The predicted molar refractivity (Wildman–Crippen MR) is 112 cm³/mol. The summed E-state index contributed by atoms with van der Waals surface area (Å²) in [5, 5.41) is 2.64. The Bertz CT molecular complexity index is 705. The lowest BCUT2D eigenvalue weighted by molar-refractivity contribution is -0.151. The van der Waals surface area contributed by atoms with Gasteiger partial charge in [-0.2, -0.15) is 0 Å². The molecule has 1 saturated carbocycles. The van der Waals surface area contributed by atoms with Crippen molar-refractivity contribution in [2.75, 3.05) is 5.32 Å². The number of nitrogens with one attached hydrogen (secondary N) is 1. The van der Waals surface area contributed by atoms with Crippen molar-refractivity contribution in [3.05, 3.63) is 24.3 Å². The number of hydrogen-bond donors (Lipinski definition) is 1. The summed E-state index contributed by atoms with van der Waals surface area (Å²) >= 11 is 4.70. The zero-order valence-corrected chi connectivity index (χ0v) is 18.4. The minimum atomic E-state index is -3.79. The van der Waals surface area contributed by atoms with Crippen molar-refractivity contribution in [3.8, 4) is 5.75 Å². The third kappa shape index (κ3) is 8.86. The summed E-state index contributed by atoms with van der Waals surface area (Å²) in [6.45, 7) is 6.74. The second-order valence-corrected chi connectivity index (χ2v) is 9.24. The molecule has 0 atom stereocenters. The molecule has 30 heavy (non-hydrogen) atoms. The Labute approximate surface area is 181 Å². The summed E-state index contributed by atoms with van der Waals surface area (Å²) in [5.74, 6) is -0.00850. The highest BCUT2D eigenvalue weighted by Crippen LogP contribution is 2.38. The number of carbonyl (C=O) groups is 2. The van der Waals surface area contributed by atoms with Crippen LogP contribution in [0.4, 0.5) is 14.5 Å². The number of esters is 1. The lowest BCUT2D eigenvalue weighted by Crippen LogP contribution is -2.30. The largest absolute Gasteiger partial charge is 0.487 e. The summed E-state index contributed by atoms with van der Waals surface area (Å²) < 4.78 is 34.9. The first kappa shape index (κ1) is 24.4. The van der Waals surface area contributed by atoms with Crippen molar-refractivity contribution in [1.82, 2.24) is 0 Å². The molecule has 1 aromatic rings. The Kier molecular flexibility index (Phi) is 8.47. The monoisotopic (exact) mass is 445 g/mol. The normalized spacial score (nSPS) is 19.8. The second-order valence-electron chi connectivity index (χ2n) is 8.80. The van der Waals surface area contributed by atoms with E-state index < -0.39 is 5.57 Å². The smallest absolute Gasteiger partial charge is 0.462 e. The first-order valence-electron chi connectivity index (χ1n) is 10.3. The van der Waals surface area contributed by atoms with Gasteiger partial charge in [0.15, 0.2) is 0 Å². The molecule has 0 bridgehead atoms. The van der Waals surface area contributed by atoms with E-state index in [2.05, 4.69) is 30.8 Å². The molecule has 0 aliphatic heterocycles. The van der Waals surface area contributed by atoms with E-state index in [9.17, 15) is 18.4 Å². The van der Waals surface area contributed by atoms with Crippen molar-refractivity contribution in [2.45, 2.75) is 77.4 Å². The van der Waals surface area contributed by atoms with Crippen LogP contribution in [-0.2, 0) is 14.3 Å². The number of rotatable bonds is 8. The molecule has 0 spiro atoms. The topological polar surface area (TPSA) is 64.6 Å². The zero-order chi connectivity index (χ0) is 22.4. The van der Waals surface area contributed by atoms with Gasteiger partial charge in [0, 0.05) is 30.1 Å². The molecular weight excluding hydrogens is 416 g/mol. The Morgan fingerprint density at radius 2 is 1.67 bits per heavy atom. The number of carbonyl (C=O) groups excluding carboxylic acids is 2. The molecule has 0 saturated heterocycles. The van der Waals surface area contributed by atoms with Gasteiger partial charge in [0.05, 0.1) is 0 Å². The van der Waals surface area contributed by atoms with Gasteiger partial charge in [-0.25, -0.2) is 0 Å². The van der Waals surface area contributed by atoms with Crippen LogP contribution in [0, 0.1) is 11.3 Å². The van der Waals surface area contributed by atoms with Gasteiger partial charge in [0.25, 0.3) is 0 Å². The summed E-state index contributed by atoms with van der Waals surface area (Å²) in [4.78, 5) is 24.0. The number of ether oxygens (including phenoxy) is 2. The number of amides is 1. The SMILES string of the molecule is CC(C)(C)C1CCC(OC(=O)CCCC(=O)Nc2ccc(OC(F)(F)Cl)cc2)CC1. The van der Waals surface area contributed by atoms with Gasteiger partial charge in [-0.1, -0.05) is 20.8 Å². The molecule has 1 fully saturated rings. The molecule has 2 rings (SSSR count). The van der Waals surface area contributed by atoms with Crippen LogP contribution < -0.4 is 10.1 Å². The minimum absolute atomic E-state index is 0.0222. The fraction of sp³-hybridized carbons (Fsp3) is 0.636. The van der Waals surface area contributed by atoms with Crippen LogP contribution >= 0.6 is 11.6 Å². The Morgan fingerprint density at radius 1 is 1.07 bits per heavy atom. The van der Waals surface area contributed by atoms with Gasteiger partial charge in [0.1, 0.15) is 11.9 Å². The van der Waals surface area contributed by atoms with Crippen molar-refractivity contribution < 1.29 is 27.8 Å². The maximum atomic E-state index is 12.6. The first-order chi connectivity index (χ1) is 13.9. The van der Waals surface area contributed by atoms with Gasteiger partial charge in [-0.05, 0) is 67.7 Å². The van der Waals surface area contributed by atoms with E-state index in [1.54, 1.807) is 0 Å². The van der Waals surface area contributed by atoms with E-state index in [-0.39, 0.29) is 42.0 Å². The molecule has 1 aliphatic rings. The predicted octanol–water partition coefficient (Wildman–Crippen LogP) is 6.11. The summed E-state index contributed by atoms with van der Waals surface area (Å²) in [7, 11) is 0. The molecule has 5 nitrogen and oxygen atoms in total. The first-order valence-corrected chi connectivity index (χ1v) is 10.7. The highest BCUT2D eigenvalue weighted by atomic mass is 35.5. The summed E-state index contributed by atoms with van der Waals surface area (Å²) in [6.07, 6.45) is 4.61. The lowest BCUT2D eigenvalue weighted by atomic mass is 9.72. The number of hydrogen-bond acceptors (Lipinski definition) is 4. The molecular formula is C22H30ClF2NO4. The third-order valence-electron chi connectivity index (χ3n) is 5.35. The number of alkyl halides is 3. The average molecular weight is 446 g/mol. The Balaban J connectivity index is 1.64. The summed E-state index contributed by atoms with van der Waals surface area (Å²) in [5.41, 5.74) is -3.07. The second kappa shape index (κ2) is 10.4. The Morgan fingerprint density at radius 3 is 2.20 bits per heavy atom. The number of anilines is 1. The molecule has 1 aromatic carbocycles. The maximum Gasteiger partial charge on any atom is 0.487 e. The van der Waals surface area contributed by atoms with Crippen LogP contribution in [0.5, 0.6) is 5.75 Å². The van der Waals surface area contributed by atoms with Crippen LogP contribution in [0.2, 0.25) is 0 Å². The molecule has 1 aliphatic carbocycles. The zero-order valence-electron chi connectivity index (χ0n) is 17.7. The quantitative estimate of drug-likeness (QED) is 0.387. The van der Waals surface area contributed by atoms with Gasteiger partial charge >= 0.3 is 11.5 Å². The van der Waals surface area contributed by atoms with E-state index in [1.807, 2.05) is 0 Å². The molecule has 168 valence electrons. The molecule has 0 aromatic heterocycles. The molecule has 0 radical (unpaired) electrons. The van der Waals surface area contributed by atoms with Crippen LogP contribution in [0.1, 0.15) is 65.7 Å². The van der Waals surface area contributed by atoms with Gasteiger partial charge in [0.2, 0.25) is 5.91 Å². The Hall–Kier alpha value is -1.89. The van der Waals surface area contributed by atoms with E-state index in [0.29, 0.717) is 18.0 Å². The molecule has 1 N–H and O–H groups in total. The highest BCUT2D eigenvalue weighted by molar-refractivity contribution is 6.20. The number of halogens is 3. The van der Waals surface area contributed by atoms with E-state index in [4.69, 9.17) is 16.3 Å².